The first-order valence-corrected chi connectivity index (χ1v) is 13.3. The van der Waals surface area contributed by atoms with Crippen LogP contribution in [0, 0.1) is 0 Å². The number of benzene rings is 2. The number of nitrogens with two attached hydrogens (primary N) is 2. The number of rotatable bonds is 16. The van der Waals surface area contributed by atoms with E-state index in [1.54, 1.807) is 42.5 Å². The van der Waals surface area contributed by atoms with Gasteiger partial charge in [0.25, 0.3) is 0 Å². The Kier molecular flexibility index (Phi) is 13.3. The summed E-state index contributed by atoms with van der Waals surface area (Å²) in [6, 6.07) is 10.5. The van der Waals surface area contributed by atoms with E-state index in [1.165, 1.54) is 12.1 Å². The van der Waals surface area contributed by atoms with Gasteiger partial charge in [0.1, 0.15) is 23.9 Å². The fraction of sp³-hybridized carbons (Fsp3) is 0.407. The molecule has 2 aromatic rings. The van der Waals surface area contributed by atoms with Gasteiger partial charge in [0, 0.05) is 18.6 Å². The van der Waals surface area contributed by atoms with Crippen molar-refractivity contribution in [1.82, 2.24) is 16.0 Å². The van der Waals surface area contributed by atoms with E-state index in [-0.39, 0.29) is 24.3 Å². The maximum atomic E-state index is 13.3. The van der Waals surface area contributed by atoms with Crippen molar-refractivity contribution in [3.63, 3.8) is 0 Å². The second kappa shape index (κ2) is 16.4. The Bertz CT molecular complexity index is 1090. The number of unbranched alkanes of at least 4 members (excludes halogenated alkanes) is 1. The van der Waals surface area contributed by atoms with E-state index in [0.717, 1.165) is 0 Å². The van der Waals surface area contributed by atoms with Crippen LogP contribution in [0.15, 0.2) is 54.6 Å². The lowest BCUT2D eigenvalue weighted by Gasteiger charge is -2.25. The SMILES string of the molecule is NCCCCC(N)C(=O)NC(CS)C(=O)NC(Cc1ccc(O)cc1)C(=O)NC(Cc1ccccc1)C(=O)O. The third kappa shape index (κ3) is 11.0. The largest absolute Gasteiger partial charge is 0.508 e. The maximum absolute atomic E-state index is 13.3. The van der Waals surface area contributed by atoms with Gasteiger partial charge < -0.3 is 37.6 Å². The topological polar surface area (TPSA) is 197 Å². The van der Waals surface area contributed by atoms with E-state index in [4.69, 9.17) is 11.5 Å². The number of carbonyl (C=O) groups is 4. The molecule has 2 rings (SSSR count). The predicted octanol–water partition coefficient (Wildman–Crippen LogP) is 0.103. The molecule has 212 valence electrons. The van der Waals surface area contributed by atoms with E-state index in [2.05, 4.69) is 28.6 Å². The van der Waals surface area contributed by atoms with E-state index in [1.807, 2.05) is 0 Å². The molecule has 12 heteroatoms. The lowest BCUT2D eigenvalue weighted by Crippen LogP contribution is -2.58. The fourth-order valence-electron chi connectivity index (χ4n) is 3.78. The van der Waals surface area contributed by atoms with Crippen LogP contribution in [0.1, 0.15) is 30.4 Å². The maximum Gasteiger partial charge on any atom is 0.326 e. The number of carbonyl (C=O) groups excluding carboxylic acids is 3. The van der Waals surface area contributed by atoms with Crippen LogP contribution in [-0.4, -0.2) is 70.4 Å². The molecule has 9 N–H and O–H groups in total. The molecule has 0 aliphatic heterocycles. The number of nitrogens with one attached hydrogen (secondary N) is 3. The number of thiol groups is 1. The molecule has 0 bridgehead atoms. The van der Waals surface area contributed by atoms with Gasteiger partial charge in [0.2, 0.25) is 17.7 Å². The highest BCUT2D eigenvalue weighted by Crippen LogP contribution is 2.12. The van der Waals surface area contributed by atoms with E-state index in [9.17, 15) is 29.4 Å². The van der Waals surface area contributed by atoms with Crippen molar-refractivity contribution in [3.05, 3.63) is 65.7 Å². The van der Waals surface area contributed by atoms with Crippen molar-refractivity contribution >= 4 is 36.3 Å². The van der Waals surface area contributed by atoms with Crippen LogP contribution in [0.25, 0.3) is 0 Å². The van der Waals surface area contributed by atoms with Crippen LogP contribution >= 0.6 is 12.6 Å². The number of amides is 3. The third-order valence-corrected chi connectivity index (χ3v) is 6.39. The summed E-state index contributed by atoms with van der Waals surface area (Å²) in [7, 11) is 0. The average molecular weight is 560 g/mol. The number of carboxylic acids is 1. The Morgan fingerprint density at radius 1 is 0.769 bits per heavy atom. The van der Waals surface area contributed by atoms with E-state index < -0.39 is 47.9 Å². The number of hydrogen-bond donors (Lipinski definition) is 8. The van der Waals surface area contributed by atoms with Crippen LogP contribution in [0.2, 0.25) is 0 Å². The molecule has 0 aliphatic carbocycles. The van der Waals surface area contributed by atoms with Gasteiger partial charge in [-0.05, 0) is 42.6 Å². The lowest BCUT2D eigenvalue weighted by molar-refractivity contribution is -0.142. The third-order valence-electron chi connectivity index (χ3n) is 6.03. The molecule has 3 amide bonds. The van der Waals surface area contributed by atoms with E-state index in [0.29, 0.717) is 36.9 Å². The Morgan fingerprint density at radius 3 is 1.90 bits per heavy atom. The van der Waals surface area contributed by atoms with Gasteiger partial charge in [-0.25, -0.2) is 4.79 Å². The van der Waals surface area contributed by atoms with E-state index >= 15 is 0 Å². The summed E-state index contributed by atoms with van der Waals surface area (Å²) in [4.78, 5) is 50.8. The molecule has 39 heavy (non-hydrogen) atoms. The predicted molar refractivity (Wildman–Crippen MR) is 150 cm³/mol. The van der Waals surface area contributed by atoms with Gasteiger partial charge in [-0.2, -0.15) is 12.6 Å². The normalized spacial score (nSPS) is 13.9. The molecule has 2 aromatic carbocycles. The minimum absolute atomic E-state index is 0.00136. The Balaban J connectivity index is 2.16. The number of phenolic OH excluding ortho intramolecular Hbond substituents is 1. The number of aliphatic carboxylic acids is 1. The second-order valence-corrected chi connectivity index (χ2v) is 9.52. The van der Waals surface area contributed by atoms with Crippen LogP contribution in [0.3, 0.4) is 0 Å². The summed E-state index contributed by atoms with van der Waals surface area (Å²) < 4.78 is 0. The van der Waals surface area contributed by atoms with Gasteiger partial charge in [0.05, 0.1) is 6.04 Å². The Labute approximate surface area is 233 Å². The van der Waals surface area contributed by atoms with Crippen LogP contribution in [-0.2, 0) is 32.0 Å². The first-order chi connectivity index (χ1) is 18.6. The molecule has 0 aromatic heterocycles. The van der Waals surface area contributed by atoms with Crippen molar-refractivity contribution in [1.29, 1.82) is 0 Å². The van der Waals surface area contributed by atoms with Crippen molar-refractivity contribution < 1.29 is 29.4 Å². The molecule has 0 radical (unpaired) electrons. The highest BCUT2D eigenvalue weighted by molar-refractivity contribution is 7.80. The molecule has 4 atom stereocenters. The summed E-state index contributed by atoms with van der Waals surface area (Å²) in [5.74, 6) is -3.20. The number of phenols is 1. The van der Waals surface area contributed by atoms with Crippen molar-refractivity contribution in [2.75, 3.05) is 12.3 Å². The Hall–Kier alpha value is -3.61. The summed E-state index contributed by atoms with van der Waals surface area (Å²) in [5.41, 5.74) is 12.7. The molecule has 0 aliphatic rings. The highest BCUT2D eigenvalue weighted by Gasteiger charge is 2.30. The number of carboxylic acid groups (broad SMARTS) is 1. The first kappa shape index (κ1) is 31.6. The number of hydrogen-bond acceptors (Lipinski definition) is 8. The fourth-order valence-corrected chi connectivity index (χ4v) is 4.04. The molecular weight excluding hydrogens is 522 g/mol. The summed E-state index contributed by atoms with van der Waals surface area (Å²) in [6.07, 6.45) is 1.81. The van der Waals surface area contributed by atoms with Crippen molar-refractivity contribution in [2.24, 2.45) is 11.5 Å². The molecule has 0 spiro atoms. The molecule has 0 saturated carbocycles. The van der Waals surface area contributed by atoms with Crippen LogP contribution in [0.5, 0.6) is 5.75 Å². The molecule has 0 heterocycles. The monoisotopic (exact) mass is 559 g/mol. The second-order valence-electron chi connectivity index (χ2n) is 9.16. The zero-order valence-corrected chi connectivity index (χ0v) is 22.5. The van der Waals surface area contributed by atoms with Gasteiger partial charge in [-0.15, -0.1) is 0 Å². The molecule has 11 nitrogen and oxygen atoms in total. The van der Waals surface area contributed by atoms with Crippen molar-refractivity contribution in [3.8, 4) is 5.75 Å². The minimum atomic E-state index is -1.24. The molecular formula is C27H37N5O6S. The Morgan fingerprint density at radius 2 is 1.31 bits per heavy atom. The van der Waals surface area contributed by atoms with Gasteiger partial charge in [-0.3, -0.25) is 14.4 Å². The highest BCUT2D eigenvalue weighted by atomic mass is 32.1. The number of aromatic hydroxyl groups is 1. The summed E-state index contributed by atoms with van der Waals surface area (Å²) in [5, 5.41) is 27.0. The quantitative estimate of drug-likeness (QED) is 0.105. The standard InChI is InChI=1S/C27H37N5O6S/c28-13-5-4-8-20(29)24(34)32-23(16-39)26(36)30-21(14-18-9-11-19(33)12-10-18)25(35)31-22(27(37)38)15-17-6-2-1-3-7-17/h1-3,6-7,9-12,20-23,33,39H,4-5,8,13-16,28-29H2,(H,30,36)(H,31,35)(H,32,34)(H,37,38). The average Bonchev–Trinajstić information content (AvgIpc) is 2.92. The van der Waals surface area contributed by atoms with Crippen molar-refractivity contribution in [2.45, 2.75) is 56.3 Å². The van der Waals surface area contributed by atoms with Gasteiger partial charge in [-0.1, -0.05) is 48.9 Å². The molecule has 4 unspecified atom stereocenters. The zero-order chi connectivity index (χ0) is 28.8. The summed E-state index contributed by atoms with van der Waals surface area (Å²) in [6.45, 7) is 0.481. The van der Waals surface area contributed by atoms with Gasteiger partial charge >= 0.3 is 5.97 Å². The minimum Gasteiger partial charge on any atom is -0.508 e. The van der Waals surface area contributed by atoms with Gasteiger partial charge in [0.15, 0.2) is 0 Å². The van der Waals surface area contributed by atoms with Crippen LogP contribution < -0.4 is 27.4 Å². The smallest absolute Gasteiger partial charge is 0.326 e. The zero-order valence-electron chi connectivity index (χ0n) is 21.6. The molecule has 0 fully saturated rings. The summed E-state index contributed by atoms with van der Waals surface area (Å²) >= 11 is 4.17. The van der Waals surface area contributed by atoms with Crippen LogP contribution in [0.4, 0.5) is 0 Å². The molecule has 0 saturated heterocycles. The lowest BCUT2D eigenvalue weighted by atomic mass is 10.0. The first-order valence-electron chi connectivity index (χ1n) is 12.7.